The van der Waals surface area contributed by atoms with Gasteiger partial charge in [-0.15, -0.1) is 0 Å². The van der Waals surface area contributed by atoms with Crippen molar-refractivity contribution in [2.75, 3.05) is 25.0 Å². The molecule has 0 aliphatic rings. The van der Waals surface area contributed by atoms with Gasteiger partial charge >= 0.3 is 0 Å². The van der Waals surface area contributed by atoms with Gasteiger partial charge in [0.15, 0.2) is 0 Å². The van der Waals surface area contributed by atoms with E-state index < -0.39 is 16.6 Å². The fourth-order valence-corrected chi connectivity index (χ4v) is 4.85. The molecule has 0 bridgehead atoms. The van der Waals surface area contributed by atoms with E-state index in [1.54, 1.807) is 49.5 Å². The van der Waals surface area contributed by atoms with Crippen molar-refractivity contribution < 1.29 is 17.9 Å². The Kier molecular flexibility index (Phi) is 7.66. The van der Waals surface area contributed by atoms with Crippen LogP contribution in [0.5, 0.6) is 5.75 Å². The molecule has 0 aliphatic heterocycles. The number of rotatable bonds is 8. The molecule has 0 saturated heterocycles. The third-order valence-corrected chi connectivity index (χ3v) is 7.13. The molecule has 0 aromatic heterocycles. The van der Waals surface area contributed by atoms with Crippen molar-refractivity contribution in [3.05, 3.63) is 88.4 Å². The van der Waals surface area contributed by atoms with Gasteiger partial charge in [0.05, 0.1) is 22.7 Å². The summed E-state index contributed by atoms with van der Waals surface area (Å²) >= 11 is 12.2. The number of hydrogen-bond donors (Lipinski definition) is 0. The molecular weight excluding hydrogens is 471 g/mol. The second-order valence-corrected chi connectivity index (χ2v) is 9.73. The second kappa shape index (κ2) is 10.3. The Balaban J connectivity index is 1.92. The molecule has 9 heteroatoms. The maximum absolute atomic E-state index is 13.4. The number of amides is 1. The van der Waals surface area contributed by atoms with Gasteiger partial charge in [-0.25, -0.2) is 8.42 Å². The average Bonchev–Trinajstić information content (AvgIpc) is 2.79. The van der Waals surface area contributed by atoms with Crippen LogP contribution < -0.4 is 9.04 Å². The normalized spacial score (nSPS) is 11.1. The first-order valence-corrected chi connectivity index (χ1v) is 11.8. The third kappa shape index (κ3) is 5.54. The Morgan fingerprint density at radius 2 is 1.62 bits per heavy atom. The fraction of sp³-hybridized carbons (Fsp3) is 0.174. The number of likely N-dealkylation sites (N-methyl/N-ethyl adjacent to an activating group) is 1. The molecule has 32 heavy (non-hydrogen) atoms. The number of benzene rings is 3. The summed E-state index contributed by atoms with van der Waals surface area (Å²) in [7, 11) is -0.945. The zero-order valence-electron chi connectivity index (χ0n) is 17.5. The van der Waals surface area contributed by atoms with E-state index in [2.05, 4.69) is 0 Å². The number of hydrogen-bond acceptors (Lipinski definition) is 4. The molecule has 3 rings (SSSR count). The molecule has 6 nitrogen and oxygen atoms in total. The highest BCUT2D eigenvalue weighted by Crippen LogP contribution is 2.32. The standard InChI is InChI=1S/C23H22Cl2N2O4S/c1-26(15-17-8-10-18(24)11-9-17)23(28)16-27(19-12-13-22(31-2)21(25)14-19)32(29,30)20-6-4-3-5-7-20/h3-14H,15-16H2,1-2H3. The van der Waals surface area contributed by atoms with Crippen molar-refractivity contribution in [1.82, 2.24) is 4.90 Å². The van der Waals surface area contributed by atoms with Gasteiger partial charge in [-0.1, -0.05) is 53.5 Å². The number of sulfonamides is 1. The lowest BCUT2D eigenvalue weighted by molar-refractivity contribution is -0.128. The Labute approximate surface area is 198 Å². The predicted octanol–water partition coefficient (Wildman–Crippen LogP) is 4.86. The molecule has 0 radical (unpaired) electrons. The lowest BCUT2D eigenvalue weighted by atomic mass is 10.2. The lowest BCUT2D eigenvalue weighted by Crippen LogP contribution is -2.41. The summed E-state index contributed by atoms with van der Waals surface area (Å²) < 4.78 is 33.0. The fourth-order valence-electron chi connectivity index (χ4n) is 3.04. The van der Waals surface area contributed by atoms with Crippen LogP contribution in [0.2, 0.25) is 10.0 Å². The van der Waals surface area contributed by atoms with E-state index in [4.69, 9.17) is 27.9 Å². The number of methoxy groups -OCH3 is 1. The largest absolute Gasteiger partial charge is 0.495 e. The molecule has 0 heterocycles. The molecular formula is C23H22Cl2N2O4S. The topological polar surface area (TPSA) is 66.9 Å². The quantitative estimate of drug-likeness (QED) is 0.450. The second-order valence-electron chi connectivity index (χ2n) is 7.02. The summed E-state index contributed by atoms with van der Waals surface area (Å²) in [6.07, 6.45) is 0. The van der Waals surface area contributed by atoms with Gasteiger partial charge in [0.25, 0.3) is 10.0 Å². The van der Waals surface area contributed by atoms with Crippen LogP contribution in [0.25, 0.3) is 0 Å². The summed E-state index contributed by atoms with van der Waals surface area (Å²) in [5.41, 5.74) is 1.13. The monoisotopic (exact) mass is 492 g/mol. The molecule has 0 atom stereocenters. The van der Waals surface area contributed by atoms with Crippen LogP contribution in [-0.4, -0.2) is 39.9 Å². The first-order valence-electron chi connectivity index (χ1n) is 9.62. The Morgan fingerprint density at radius 3 is 2.22 bits per heavy atom. The van der Waals surface area contributed by atoms with Crippen LogP contribution in [0.3, 0.4) is 0 Å². The molecule has 3 aromatic rings. The van der Waals surface area contributed by atoms with E-state index >= 15 is 0 Å². The molecule has 168 valence electrons. The summed E-state index contributed by atoms with van der Waals surface area (Å²) in [6, 6.07) is 19.6. The molecule has 0 spiro atoms. The molecule has 0 unspecified atom stereocenters. The summed E-state index contributed by atoms with van der Waals surface area (Å²) in [5.74, 6) is 0.0186. The minimum Gasteiger partial charge on any atom is -0.495 e. The Hall–Kier alpha value is -2.74. The van der Waals surface area contributed by atoms with Crippen LogP contribution >= 0.6 is 23.2 Å². The highest BCUT2D eigenvalue weighted by atomic mass is 35.5. The Morgan fingerprint density at radius 1 is 0.969 bits per heavy atom. The van der Waals surface area contributed by atoms with Crippen LogP contribution in [0, 0.1) is 0 Å². The number of carbonyl (C=O) groups excluding carboxylic acids is 1. The van der Waals surface area contributed by atoms with Crippen LogP contribution in [-0.2, 0) is 21.4 Å². The zero-order valence-corrected chi connectivity index (χ0v) is 19.9. The highest BCUT2D eigenvalue weighted by molar-refractivity contribution is 7.92. The van der Waals surface area contributed by atoms with Crippen molar-refractivity contribution in [3.8, 4) is 5.75 Å². The predicted molar refractivity (Wildman–Crippen MR) is 127 cm³/mol. The van der Waals surface area contributed by atoms with E-state index in [1.165, 1.54) is 30.2 Å². The maximum atomic E-state index is 13.4. The van der Waals surface area contributed by atoms with Gasteiger partial charge < -0.3 is 9.64 Å². The highest BCUT2D eigenvalue weighted by Gasteiger charge is 2.28. The molecule has 0 N–H and O–H groups in total. The number of nitrogens with zero attached hydrogens (tertiary/aromatic N) is 2. The number of anilines is 1. The minimum atomic E-state index is -4.03. The van der Waals surface area contributed by atoms with E-state index in [-0.39, 0.29) is 21.5 Å². The lowest BCUT2D eigenvalue weighted by Gasteiger charge is -2.27. The molecule has 3 aromatic carbocycles. The van der Waals surface area contributed by atoms with E-state index in [0.29, 0.717) is 17.3 Å². The molecule has 0 saturated carbocycles. The molecule has 1 amide bonds. The third-order valence-electron chi connectivity index (χ3n) is 4.79. The van der Waals surface area contributed by atoms with Crippen LogP contribution in [0.4, 0.5) is 5.69 Å². The van der Waals surface area contributed by atoms with Gasteiger partial charge in [-0.05, 0) is 48.0 Å². The maximum Gasteiger partial charge on any atom is 0.264 e. The average molecular weight is 493 g/mol. The van der Waals surface area contributed by atoms with Crippen molar-refractivity contribution in [2.45, 2.75) is 11.4 Å². The van der Waals surface area contributed by atoms with Gasteiger partial charge in [-0.3, -0.25) is 9.10 Å². The summed E-state index contributed by atoms with van der Waals surface area (Å²) in [4.78, 5) is 14.5. The SMILES string of the molecule is COc1ccc(N(CC(=O)N(C)Cc2ccc(Cl)cc2)S(=O)(=O)c2ccccc2)cc1Cl. The van der Waals surface area contributed by atoms with E-state index in [0.717, 1.165) is 9.87 Å². The molecule has 0 aliphatic carbocycles. The van der Waals surface area contributed by atoms with Crippen LogP contribution in [0.1, 0.15) is 5.56 Å². The summed E-state index contributed by atoms with van der Waals surface area (Å²) in [5, 5.41) is 0.833. The van der Waals surface area contributed by atoms with Gasteiger partial charge in [0.2, 0.25) is 5.91 Å². The van der Waals surface area contributed by atoms with Crippen LogP contribution in [0.15, 0.2) is 77.7 Å². The van der Waals surface area contributed by atoms with Crippen molar-refractivity contribution in [1.29, 1.82) is 0 Å². The van der Waals surface area contributed by atoms with Crippen molar-refractivity contribution in [3.63, 3.8) is 0 Å². The first-order chi connectivity index (χ1) is 15.2. The Bertz CT molecular complexity index is 1190. The minimum absolute atomic E-state index is 0.0695. The number of ether oxygens (including phenoxy) is 1. The van der Waals surface area contributed by atoms with Crippen molar-refractivity contribution in [2.24, 2.45) is 0 Å². The zero-order chi connectivity index (χ0) is 23.3. The van der Waals surface area contributed by atoms with Gasteiger partial charge in [0, 0.05) is 18.6 Å². The van der Waals surface area contributed by atoms with E-state index in [1.807, 2.05) is 12.1 Å². The van der Waals surface area contributed by atoms with Crippen molar-refractivity contribution >= 4 is 44.8 Å². The summed E-state index contributed by atoms with van der Waals surface area (Å²) in [6.45, 7) is -0.0947. The number of halogens is 2. The van der Waals surface area contributed by atoms with Gasteiger partial charge in [-0.2, -0.15) is 0 Å². The molecule has 0 fully saturated rings. The smallest absolute Gasteiger partial charge is 0.264 e. The van der Waals surface area contributed by atoms with E-state index in [9.17, 15) is 13.2 Å². The first kappa shape index (κ1) is 23.9. The number of carbonyl (C=O) groups is 1. The van der Waals surface area contributed by atoms with Gasteiger partial charge in [0.1, 0.15) is 12.3 Å².